The highest BCUT2D eigenvalue weighted by atomic mass is 35.5. The first kappa shape index (κ1) is 13.7. The molecule has 0 radical (unpaired) electrons. The Morgan fingerprint density at radius 2 is 2.00 bits per heavy atom. The minimum Gasteiger partial charge on any atom is -0.493 e. The molecule has 2 aromatic carbocycles. The lowest BCUT2D eigenvalue weighted by molar-refractivity contribution is 0.357. The van der Waals surface area contributed by atoms with Crippen molar-refractivity contribution < 1.29 is 4.74 Å². The molecule has 104 valence electrons. The van der Waals surface area contributed by atoms with Gasteiger partial charge in [0.25, 0.3) is 0 Å². The van der Waals surface area contributed by atoms with Crippen molar-refractivity contribution >= 4 is 23.2 Å². The van der Waals surface area contributed by atoms with Gasteiger partial charge in [0.05, 0.1) is 12.6 Å². The normalized spacial score (nSPS) is 14.8. The average molecular weight is 308 g/mol. The van der Waals surface area contributed by atoms with Crippen LogP contribution < -0.4 is 10.1 Å². The Morgan fingerprint density at radius 1 is 1.15 bits per heavy atom. The summed E-state index contributed by atoms with van der Waals surface area (Å²) in [6.45, 7) is 0.765. The van der Waals surface area contributed by atoms with Crippen LogP contribution in [0.5, 0.6) is 5.75 Å². The van der Waals surface area contributed by atoms with E-state index in [1.165, 1.54) is 11.1 Å². The van der Waals surface area contributed by atoms with Crippen LogP contribution in [0.25, 0.3) is 0 Å². The molecule has 4 heteroatoms. The molecule has 0 fully saturated rings. The van der Waals surface area contributed by atoms with Gasteiger partial charge in [-0.05, 0) is 48.0 Å². The summed E-state index contributed by atoms with van der Waals surface area (Å²) in [4.78, 5) is 0. The zero-order valence-electron chi connectivity index (χ0n) is 11.1. The molecule has 3 rings (SSSR count). The van der Waals surface area contributed by atoms with Crippen LogP contribution in [0.15, 0.2) is 36.4 Å². The number of hydrogen-bond acceptors (Lipinski definition) is 2. The number of rotatable bonds is 3. The van der Waals surface area contributed by atoms with E-state index in [2.05, 4.69) is 17.4 Å². The van der Waals surface area contributed by atoms with E-state index < -0.39 is 0 Å². The maximum Gasteiger partial charge on any atom is 0.122 e. The largest absolute Gasteiger partial charge is 0.493 e. The van der Waals surface area contributed by atoms with Crippen molar-refractivity contribution in [2.45, 2.75) is 12.5 Å². The van der Waals surface area contributed by atoms with Crippen molar-refractivity contribution in [1.82, 2.24) is 5.32 Å². The summed E-state index contributed by atoms with van der Waals surface area (Å²) >= 11 is 12.4. The van der Waals surface area contributed by atoms with Crippen LogP contribution in [0, 0.1) is 0 Å². The van der Waals surface area contributed by atoms with Crippen LogP contribution in [0.1, 0.15) is 22.7 Å². The van der Waals surface area contributed by atoms with Gasteiger partial charge in [0.1, 0.15) is 5.75 Å². The molecule has 1 aliphatic rings. The fourth-order valence-corrected chi connectivity index (χ4v) is 3.03. The van der Waals surface area contributed by atoms with Crippen LogP contribution in [-0.4, -0.2) is 13.7 Å². The number of hydrogen-bond donors (Lipinski definition) is 1. The number of nitrogens with one attached hydrogen (secondary N) is 1. The van der Waals surface area contributed by atoms with Crippen LogP contribution in [0.2, 0.25) is 10.0 Å². The SMILES string of the molecule is CNC(c1ccc2c(c1)CCO2)c1cc(Cl)ccc1Cl. The monoisotopic (exact) mass is 307 g/mol. The van der Waals surface area contributed by atoms with E-state index in [0.29, 0.717) is 10.0 Å². The minimum absolute atomic E-state index is 0.0205. The van der Waals surface area contributed by atoms with Gasteiger partial charge in [-0.2, -0.15) is 0 Å². The van der Waals surface area contributed by atoms with Crippen LogP contribution in [-0.2, 0) is 6.42 Å². The molecule has 0 aromatic heterocycles. The van der Waals surface area contributed by atoms with Crippen molar-refractivity contribution in [3.8, 4) is 5.75 Å². The molecular weight excluding hydrogens is 293 g/mol. The average Bonchev–Trinajstić information content (AvgIpc) is 2.91. The summed E-state index contributed by atoms with van der Waals surface area (Å²) < 4.78 is 5.55. The van der Waals surface area contributed by atoms with Gasteiger partial charge >= 0.3 is 0 Å². The van der Waals surface area contributed by atoms with Crippen LogP contribution >= 0.6 is 23.2 Å². The van der Waals surface area contributed by atoms with Crippen LogP contribution in [0.3, 0.4) is 0 Å². The molecule has 1 unspecified atom stereocenters. The van der Waals surface area contributed by atoms with Gasteiger partial charge < -0.3 is 10.1 Å². The fourth-order valence-electron chi connectivity index (χ4n) is 2.62. The fraction of sp³-hybridized carbons (Fsp3) is 0.250. The molecule has 0 saturated heterocycles. The van der Waals surface area contributed by atoms with Gasteiger partial charge in [0.2, 0.25) is 0 Å². The van der Waals surface area contributed by atoms with Gasteiger partial charge in [-0.3, -0.25) is 0 Å². The lowest BCUT2D eigenvalue weighted by Crippen LogP contribution is -2.18. The van der Waals surface area contributed by atoms with Gasteiger partial charge in [0, 0.05) is 16.5 Å². The number of fused-ring (bicyclic) bond motifs is 1. The minimum atomic E-state index is 0.0205. The summed E-state index contributed by atoms with van der Waals surface area (Å²) in [5, 5.41) is 4.71. The highest BCUT2D eigenvalue weighted by Gasteiger charge is 2.19. The standard InChI is InChI=1S/C16H15Cl2NO/c1-19-16(13-9-12(17)3-4-14(13)18)11-2-5-15-10(8-11)6-7-20-15/h2-5,8-9,16,19H,6-7H2,1H3. The summed E-state index contributed by atoms with van der Waals surface area (Å²) in [5.74, 6) is 0.987. The lowest BCUT2D eigenvalue weighted by Gasteiger charge is -2.19. The van der Waals surface area contributed by atoms with E-state index >= 15 is 0 Å². The van der Waals surface area contributed by atoms with E-state index in [0.717, 1.165) is 24.3 Å². The third-order valence-electron chi connectivity index (χ3n) is 3.60. The summed E-state index contributed by atoms with van der Waals surface area (Å²) in [6, 6.07) is 11.8. The molecule has 0 spiro atoms. The molecule has 0 saturated carbocycles. The molecule has 1 atom stereocenters. The third kappa shape index (κ3) is 2.51. The quantitative estimate of drug-likeness (QED) is 0.916. The zero-order valence-corrected chi connectivity index (χ0v) is 12.6. The Hall–Kier alpha value is -1.22. The third-order valence-corrected chi connectivity index (χ3v) is 4.18. The molecule has 0 amide bonds. The lowest BCUT2D eigenvalue weighted by atomic mass is 9.96. The molecule has 20 heavy (non-hydrogen) atoms. The van der Waals surface area contributed by atoms with Crippen molar-refractivity contribution in [2.24, 2.45) is 0 Å². The molecule has 1 N–H and O–H groups in total. The highest BCUT2D eigenvalue weighted by molar-refractivity contribution is 6.33. The van der Waals surface area contributed by atoms with Gasteiger partial charge in [-0.15, -0.1) is 0 Å². The predicted octanol–water partition coefficient (Wildman–Crippen LogP) is 4.24. The molecule has 1 heterocycles. The molecular formula is C16H15Cl2NO. The second kappa shape index (κ2) is 5.65. The Bertz CT molecular complexity index is 642. The van der Waals surface area contributed by atoms with Crippen molar-refractivity contribution in [3.63, 3.8) is 0 Å². The van der Waals surface area contributed by atoms with Crippen molar-refractivity contribution in [3.05, 3.63) is 63.1 Å². The molecule has 1 aliphatic heterocycles. The van der Waals surface area contributed by atoms with E-state index in [4.69, 9.17) is 27.9 Å². The van der Waals surface area contributed by atoms with Crippen molar-refractivity contribution in [2.75, 3.05) is 13.7 Å². The first-order valence-corrected chi connectivity index (χ1v) is 7.32. The molecule has 2 nitrogen and oxygen atoms in total. The zero-order chi connectivity index (χ0) is 14.1. The van der Waals surface area contributed by atoms with E-state index in [1.807, 2.05) is 25.2 Å². The smallest absolute Gasteiger partial charge is 0.122 e. The summed E-state index contributed by atoms with van der Waals surface area (Å²) in [5.41, 5.74) is 3.40. The first-order valence-electron chi connectivity index (χ1n) is 6.57. The molecule has 2 aromatic rings. The number of ether oxygens (including phenoxy) is 1. The Balaban J connectivity index is 2.03. The highest BCUT2D eigenvalue weighted by Crippen LogP contribution is 2.34. The van der Waals surface area contributed by atoms with Gasteiger partial charge in [0.15, 0.2) is 0 Å². The maximum atomic E-state index is 6.31. The Labute approximate surface area is 128 Å². The van der Waals surface area contributed by atoms with E-state index in [1.54, 1.807) is 6.07 Å². The van der Waals surface area contributed by atoms with E-state index in [-0.39, 0.29) is 6.04 Å². The Kier molecular flexibility index (Phi) is 3.88. The summed E-state index contributed by atoms with van der Waals surface area (Å²) in [6.07, 6.45) is 0.961. The molecule has 0 bridgehead atoms. The second-order valence-corrected chi connectivity index (χ2v) is 5.70. The predicted molar refractivity (Wildman–Crippen MR) is 83.0 cm³/mol. The number of halogens is 2. The van der Waals surface area contributed by atoms with Crippen LogP contribution in [0.4, 0.5) is 0 Å². The van der Waals surface area contributed by atoms with Gasteiger partial charge in [-0.1, -0.05) is 35.3 Å². The Morgan fingerprint density at radius 3 is 2.80 bits per heavy atom. The van der Waals surface area contributed by atoms with Crippen molar-refractivity contribution in [1.29, 1.82) is 0 Å². The maximum absolute atomic E-state index is 6.31. The first-order chi connectivity index (χ1) is 9.69. The van der Waals surface area contributed by atoms with E-state index in [9.17, 15) is 0 Å². The topological polar surface area (TPSA) is 21.3 Å². The molecule has 0 aliphatic carbocycles. The second-order valence-electron chi connectivity index (χ2n) is 4.85. The number of benzene rings is 2. The van der Waals surface area contributed by atoms with Gasteiger partial charge in [-0.25, -0.2) is 0 Å². The summed E-state index contributed by atoms with van der Waals surface area (Å²) in [7, 11) is 1.92.